The summed E-state index contributed by atoms with van der Waals surface area (Å²) in [6.07, 6.45) is 0.778. The van der Waals surface area contributed by atoms with Crippen LogP contribution in [0.25, 0.3) is 0 Å². The number of carboxylic acids is 1. The Balaban J connectivity index is 2.24. The number of nitro groups is 1. The van der Waals surface area contributed by atoms with Crippen molar-refractivity contribution >= 4 is 35.2 Å². The molecule has 0 saturated heterocycles. The van der Waals surface area contributed by atoms with Gasteiger partial charge in [-0.2, -0.15) is 5.10 Å². The minimum absolute atomic E-state index is 0.0131. The van der Waals surface area contributed by atoms with Crippen molar-refractivity contribution in [2.75, 3.05) is 5.01 Å². The molecule has 2 rings (SSSR count). The summed E-state index contributed by atoms with van der Waals surface area (Å²) in [5.74, 6) is -1.17. The number of hydrazone groups is 1. The monoisotopic (exact) mass is 333 g/mol. The average molecular weight is 334 g/mol. The number of hydrogen-bond acceptors (Lipinski definition) is 5. The Bertz CT molecular complexity index is 729. The second-order valence-electron chi connectivity index (χ2n) is 4.54. The zero-order valence-electron chi connectivity index (χ0n) is 11.8. The average Bonchev–Trinajstić information content (AvgIpc) is 2.52. The molecule has 0 saturated carbocycles. The van der Waals surface area contributed by atoms with Gasteiger partial charge < -0.3 is 5.11 Å². The van der Waals surface area contributed by atoms with Crippen molar-refractivity contribution in [1.29, 1.82) is 0 Å². The predicted molar refractivity (Wildman–Crippen MR) is 86.9 cm³/mol. The Hall–Kier alpha value is -2.93. The van der Waals surface area contributed by atoms with Crippen LogP contribution in [0, 0.1) is 10.1 Å². The van der Waals surface area contributed by atoms with Crippen LogP contribution in [0.2, 0.25) is 5.02 Å². The lowest BCUT2D eigenvalue weighted by Crippen LogP contribution is -2.17. The van der Waals surface area contributed by atoms with Gasteiger partial charge >= 0.3 is 5.97 Å². The Morgan fingerprint density at radius 1 is 1.22 bits per heavy atom. The van der Waals surface area contributed by atoms with Crippen molar-refractivity contribution in [3.05, 3.63) is 69.2 Å². The van der Waals surface area contributed by atoms with Crippen LogP contribution in [0.15, 0.2) is 53.6 Å². The number of hydrogen-bond donors (Lipinski definition) is 1. The highest BCUT2D eigenvalue weighted by Gasteiger charge is 2.09. The molecule has 0 unspecified atom stereocenters. The molecule has 8 heteroatoms. The van der Waals surface area contributed by atoms with Crippen LogP contribution in [-0.4, -0.2) is 22.2 Å². The van der Waals surface area contributed by atoms with Crippen LogP contribution in [0.1, 0.15) is 5.56 Å². The number of aliphatic carboxylic acids is 1. The second-order valence-corrected chi connectivity index (χ2v) is 4.98. The molecule has 0 spiro atoms. The summed E-state index contributed by atoms with van der Waals surface area (Å²) < 4.78 is 0. The quantitative estimate of drug-likeness (QED) is 0.497. The second kappa shape index (κ2) is 7.37. The van der Waals surface area contributed by atoms with E-state index in [1.165, 1.54) is 17.1 Å². The van der Waals surface area contributed by atoms with Gasteiger partial charge in [-0.25, -0.2) is 4.79 Å². The van der Waals surface area contributed by atoms with Crippen molar-refractivity contribution in [2.45, 2.75) is 6.54 Å². The van der Waals surface area contributed by atoms with Gasteiger partial charge in [0, 0.05) is 17.2 Å². The molecule has 0 bridgehead atoms. The standard InChI is InChI=1S/C15H12ClN3O4/c16-12-3-7-13(8-4-12)18(17-9-15(20)21)10-11-1-5-14(6-2-11)19(22)23/h1-9H,10H2,(H,20,21). The first-order valence-electron chi connectivity index (χ1n) is 6.49. The van der Waals surface area contributed by atoms with Gasteiger partial charge in [-0.15, -0.1) is 0 Å². The van der Waals surface area contributed by atoms with E-state index >= 15 is 0 Å². The Morgan fingerprint density at radius 3 is 2.35 bits per heavy atom. The molecule has 0 aromatic heterocycles. The smallest absolute Gasteiger partial charge is 0.348 e. The third kappa shape index (κ3) is 4.79. The van der Waals surface area contributed by atoms with E-state index in [-0.39, 0.29) is 12.2 Å². The summed E-state index contributed by atoms with van der Waals surface area (Å²) in [6.45, 7) is 0.253. The topological polar surface area (TPSA) is 96.0 Å². The zero-order valence-corrected chi connectivity index (χ0v) is 12.6. The lowest BCUT2D eigenvalue weighted by Gasteiger charge is -2.19. The Kier molecular flexibility index (Phi) is 5.27. The molecule has 118 valence electrons. The third-order valence-electron chi connectivity index (χ3n) is 2.91. The van der Waals surface area contributed by atoms with Crippen LogP contribution in [0.4, 0.5) is 11.4 Å². The number of halogens is 1. The molecule has 2 aromatic carbocycles. The van der Waals surface area contributed by atoms with E-state index < -0.39 is 10.9 Å². The van der Waals surface area contributed by atoms with Crippen LogP contribution >= 0.6 is 11.6 Å². The van der Waals surface area contributed by atoms with E-state index in [1.54, 1.807) is 36.4 Å². The molecule has 0 radical (unpaired) electrons. The van der Waals surface area contributed by atoms with E-state index in [9.17, 15) is 14.9 Å². The van der Waals surface area contributed by atoms with Crippen LogP contribution in [0.5, 0.6) is 0 Å². The van der Waals surface area contributed by atoms with Crippen molar-refractivity contribution in [3.8, 4) is 0 Å². The van der Waals surface area contributed by atoms with Gasteiger partial charge in [0.25, 0.3) is 5.69 Å². The molecule has 0 fully saturated rings. The van der Waals surface area contributed by atoms with Crippen molar-refractivity contribution in [2.24, 2.45) is 5.10 Å². The maximum Gasteiger partial charge on any atom is 0.348 e. The first-order chi connectivity index (χ1) is 11.0. The lowest BCUT2D eigenvalue weighted by atomic mass is 10.2. The normalized spacial score (nSPS) is 10.7. The number of rotatable bonds is 6. The predicted octanol–water partition coefficient (Wildman–Crippen LogP) is 3.33. The van der Waals surface area contributed by atoms with E-state index in [0.29, 0.717) is 10.7 Å². The summed E-state index contributed by atoms with van der Waals surface area (Å²) in [7, 11) is 0. The molecule has 0 aliphatic carbocycles. The highest BCUT2D eigenvalue weighted by molar-refractivity contribution is 6.30. The van der Waals surface area contributed by atoms with Gasteiger partial charge in [0.15, 0.2) is 0 Å². The molecule has 7 nitrogen and oxygen atoms in total. The summed E-state index contributed by atoms with van der Waals surface area (Å²) in [4.78, 5) is 20.9. The number of carboxylic acid groups (broad SMARTS) is 1. The molecule has 0 atom stereocenters. The highest BCUT2D eigenvalue weighted by Crippen LogP contribution is 2.21. The first kappa shape index (κ1) is 16.4. The number of benzene rings is 2. The fraction of sp³-hybridized carbons (Fsp3) is 0.0667. The van der Waals surface area contributed by atoms with Crippen molar-refractivity contribution < 1.29 is 14.8 Å². The fourth-order valence-electron chi connectivity index (χ4n) is 1.83. The van der Waals surface area contributed by atoms with E-state index in [0.717, 1.165) is 11.8 Å². The number of nitrogens with zero attached hydrogens (tertiary/aromatic N) is 3. The summed E-state index contributed by atoms with van der Waals surface area (Å²) in [5, 5.41) is 25.3. The number of anilines is 1. The SMILES string of the molecule is O=C(O)C=NN(Cc1ccc([N+](=O)[O-])cc1)c1ccc(Cl)cc1. The van der Waals surface area contributed by atoms with Gasteiger partial charge in [0.2, 0.25) is 0 Å². The third-order valence-corrected chi connectivity index (χ3v) is 3.16. The molecular weight excluding hydrogens is 322 g/mol. The minimum Gasteiger partial charge on any atom is -0.477 e. The minimum atomic E-state index is -1.17. The van der Waals surface area contributed by atoms with Crippen molar-refractivity contribution in [1.82, 2.24) is 0 Å². The van der Waals surface area contributed by atoms with Gasteiger partial charge in [0.1, 0.15) is 6.21 Å². The largest absolute Gasteiger partial charge is 0.477 e. The Morgan fingerprint density at radius 2 is 1.83 bits per heavy atom. The number of non-ortho nitro benzene ring substituents is 1. The van der Waals surface area contributed by atoms with Gasteiger partial charge in [-0.1, -0.05) is 23.7 Å². The molecule has 23 heavy (non-hydrogen) atoms. The van der Waals surface area contributed by atoms with Gasteiger partial charge in [-0.05, 0) is 29.8 Å². The van der Waals surface area contributed by atoms with Crippen molar-refractivity contribution in [3.63, 3.8) is 0 Å². The zero-order chi connectivity index (χ0) is 16.8. The molecule has 0 aliphatic heterocycles. The summed E-state index contributed by atoms with van der Waals surface area (Å²) >= 11 is 5.84. The number of nitro benzene ring substituents is 1. The number of carbonyl (C=O) groups is 1. The van der Waals surface area contributed by atoms with Crippen LogP contribution in [-0.2, 0) is 11.3 Å². The Labute approximate surface area is 136 Å². The van der Waals surface area contributed by atoms with E-state index in [1.807, 2.05) is 0 Å². The lowest BCUT2D eigenvalue weighted by molar-refractivity contribution is -0.384. The molecule has 1 N–H and O–H groups in total. The fourth-order valence-corrected chi connectivity index (χ4v) is 1.95. The van der Waals surface area contributed by atoms with E-state index in [2.05, 4.69) is 5.10 Å². The van der Waals surface area contributed by atoms with E-state index in [4.69, 9.17) is 16.7 Å². The highest BCUT2D eigenvalue weighted by atomic mass is 35.5. The van der Waals surface area contributed by atoms with Gasteiger partial charge in [0.05, 0.1) is 17.2 Å². The maximum atomic E-state index is 10.7. The van der Waals surface area contributed by atoms with Crippen LogP contribution < -0.4 is 5.01 Å². The van der Waals surface area contributed by atoms with Gasteiger partial charge in [-0.3, -0.25) is 15.1 Å². The molecule has 0 heterocycles. The van der Waals surface area contributed by atoms with Crippen LogP contribution in [0.3, 0.4) is 0 Å². The first-order valence-corrected chi connectivity index (χ1v) is 6.87. The maximum absolute atomic E-state index is 10.7. The molecular formula is C15H12ClN3O4. The molecule has 0 aliphatic rings. The summed E-state index contributed by atoms with van der Waals surface area (Å²) in [5.41, 5.74) is 1.37. The molecule has 0 amide bonds. The molecule has 2 aromatic rings. The summed E-state index contributed by atoms with van der Waals surface area (Å²) in [6, 6.07) is 12.7.